The Labute approximate surface area is 175 Å². The van der Waals surface area contributed by atoms with Gasteiger partial charge in [-0.3, -0.25) is 4.79 Å². The second-order valence-electron chi connectivity index (χ2n) is 7.98. The lowest BCUT2D eigenvalue weighted by Gasteiger charge is -2.12. The predicted molar refractivity (Wildman–Crippen MR) is 117 cm³/mol. The van der Waals surface area contributed by atoms with Gasteiger partial charge in [0, 0.05) is 34.5 Å². The highest BCUT2D eigenvalue weighted by Crippen LogP contribution is 2.32. The first-order valence-electron chi connectivity index (χ1n) is 10.3. The largest absolute Gasteiger partial charge is 0.378 e. The highest BCUT2D eigenvalue weighted by molar-refractivity contribution is 7.12. The zero-order valence-corrected chi connectivity index (χ0v) is 18.3. The number of carbonyl (C=O) groups is 1. The molecule has 0 aromatic carbocycles. The summed E-state index contributed by atoms with van der Waals surface area (Å²) in [6.07, 6.45) is 5.06. The highest BCUT2D eigenvalue weighted by Gasteiger charge is 2.20. The van der Waals surface area contributed by atoms with E-state index in [0.29, 0.717) is 12.1 Å². The van der Waals surface area contributed by atoms with E-state index in [-0.39, 0.29) is 18.1 Å². The molecule has 1 atom stereocenters. The summed E-state index contributed by atoms with van der Waals surface area (Å²) in [6.45, 7) is 9.78. The number of nitrogens with one attached hydrogen (secondary N) is 1. The molecule has 3 aromatic heterocycles. The summed E-state index contributed by atoms with van der Waals surface area (Å²) < 4.78 is 7.54. The molecule has 29 heavy (non-hydrogen) atoms. The number of pyridine rings is 1. The van der Waals surface area contributed by atoms with Crippen LogP contribution in [0, 0.1) is 13.8 Å². The number of ether oxygens (including phenoxy) is 1. The molecule has 1 aliphatic heterocycles. The second-order valence-corrected chi connectivity index (χ2v) is 9.44. The van der Waals surface area contributed by atoms with Gasteiger partial charge in [-0.2, -0.15) is 5.10 Å². The minimum absolute atomic E-state index is 0.0791. The van der Waals surface area contributed by atoms with Crippen LogP contribution in [0.25, 0.3) is 22.3 Å². The van der Waals surface area contributed by atoms with Crippen molar-refractivity contribution in [2.45, 2.75) is 59.1 Å². The van der Waals surface area contributed by atoms with Crippen molar-refractivity contribution in [3.05, 3.63) is 33.6 Å². The maximum Gasteiger partial charge on any atom is 0.252 e. The summed E-state index contributed by atoms with van der Waals surface area (Å²) in [5.41, 5.74) is 3.29. The van der Waals surface area contributed by atoms with Crippen LogP contribution >= 0.6 is 11.3 Å². The topological polar surface area (TPSA) is 69.0 Å². The molecular formula is C22H28N4O2S. The van der Waals surface area contributed by atoms with Crippen LogP contribution in [0.3, 0.4) is 0 Å². The molecule has 1 saturated heterocycles. The van der Waals surface area contributed by atoms with Crippen molar-refractivity contribution in [2.24, 2.45) is 0 Å². The van der Waals surface area contributed by atoms with Crippen molar-refractivity contribution in [2.75, 3.05) is 13.2 Å². The first-order chi connectivity index (χ1) is 13.9. The lowest BCUT2D eigenvalue weighted by Crippen LogP contribution is -2.27. The molecule has 0 spiro atoms. The Morgan fingerprint density at radius 1 is 1.38 bits per heavy atom. The van der Waals surface area contributed by atoms with Gasteiger partial charge in [-0.25, -0.2) is 9.67 Å². The van der Waals surface area contributed by atoms with Crippen molar-refractivity contribution in [3.8, 4) is 11.3 Å². The first kappa shape index (κ1) is 20.0. The third kappa shape index (κ3) is 4.07. The quantitative estimate of drug-likeness (QED) is 0.639. The van der Waals surface area contributed by atoms with E-state index in [0.717, 1.165) is 48.2 Å². The van der Waals surface area contributed by atoms with Crippen LogP contribution < -0.4 is 5.32 Å². The lowest BCUT2D eigenvalue weighted by molar-refractivity contribution is 0.0908. The monoisotopic (exact) mass is 412 g/mol. The van der Waals surface area contributed by atoms with E-state index in [1.54, 1.807) is 17.5 Å². The molecular weight excluding hydrogens is 384 g/mol. The van der Waals surface area contributed by atoms with Gasteiger partial charge in [0.05, 0.1) is 28.9 Å². The Morgan fingerprint density at radius 3 is 2.86 bits per heavy atom. The third-order valence-electron chi connectivity index (χ3n) is 5.39. The molecule has 0 bridgehead atoms. The van der Waals surface area contributed by atoms with Crippen molar-refractivity contribution >= 4 is 28.3 Å². The number of aromatic nitrogens is 3. The number of amides is 1. The highest BCUT2D eigenvalue weighted by atomic mass is 32.1. The fourth-order valence-corrected chi connectivity index (χ4v) is 4.85. The molecule has 0 radical (unpaired) electrons. The van der Waals surface area contributed by atoms with Gasteiger partial charge < -0.3 is 10.1 Å². The summed E-state index contributed by atoms with van der Waals surface area (Å²) in [5, 5.41) is 8.37. The number of rotatable bonds is 6. The Balaban J connectivity index is 1.69. The van der Waals surface area contributed by atoms with Crippen LogP contribution in [-0.4, -0.2) is 39.9 Å². The van der Waals surface area contributed by atoms with E-state index in [1.165, 1.54) is 9.75 Å². The zero-order chi connectivity index (χ0) is 20.5. The molecule has 4 rings (SSSR count). The van der Waals surface area contributed by atoms with E-state index < -0.39 is 0 Å². The van der Waals surface area contributed by atoms with Crippen LogP contribution in [0.1, 0.15) is 59.3 Å². The maximum atomic E-state index is 13.1. The van der Waals surface area contributed by atoms with Gasteiger partial charge >= 0.3 is 0 Å². The average molecular weight is 413 g/mol. The van der Waals surface area contributed by atoms with Gasteiger partial charge in [0.2, 0.25) is 0 Å². The number of fused-ring (bicyclic) bond motifs is 1. The Bertz CT molecular complexity index is 1030. The fourth-order valence-electron chi connectivity index (χ4n) is 3.92. The molecule has 0 aliphatic carbocycles. The fraction of sp³-hybridized carbons (Fsp3) is 0.500. The third-order valence-corrected chi connectivity index (χ3v) is 6.36. The van der Waals surface area contributed by atoms with Crippen LogP contribution in [0.5, 0.6) is 0 Å². The SMILES string of the molecule is Cc1cc(-c2cc(C(=O)NCCC3CCCO3)c3cnn(C(C)C)c3n2)c(C)s1. The molecule has 1 fully saturated rings. The molecule has 4 heterocycles. The van der Waals surface area contributed by atoms with Gasteiger partial charge in [-0.1, -0.05) is 0 Å². The van der Waals surface area contributed by atoms with Gasteiger partial charge in [-0.15, -0.1) is 11.3 Å². The number of carbonyl (C=O) groups excluding carboxylic acids is 1. The molecule has 0 saturated carbocycles. The zero-order valence-electron chi connectivity index (χ0n) is 17.5. The van der Waals surface area contributed by atoms with E-state index >= 15 is 0 Å². The van der Waals surface area contributed by atoms with E-state index in [1.807, 2.05) is 10.7 Å². The van der Waals surface area contributed by atoms with Crippen molar-refractivity contribution < 1.29 is 9.53 Å². The minimum atomic E-state index is -0.0791. The van der Waals surface area contributed by atoms with Crippen molar-refractivity contribution in [3.63, 3.8) is 0 Å². The molecule has 154 valence electrons. The average Bonchev–Trinajstić information content (AvgIpc) is 3.40. The molecule has 1 unspecified atom stereocenters. The Kier molecular flexibility index (Phi) is 5.69. The van der Waals surface area contributed by atoms with Gasteiger partial charge in [0.25, 0.3) is 5.91 Å². The second kappa shape index (κ2) is 8.24. The van der Waals surface area contributed by atoms with E-state index in [9.17, 15) is 4.79 Å². The van der Waals surface area contributed by atoms with Gasteiger partial charge in [0.1, 0.15) is 0 Å². The van der Waals surface area contributed by atoms with Gasteiger partial charge in [0.15, 0.2) is 5.65 Å². The minimum Gasteiger partial charge on any atom is -0.378 e. The van der Waals surface area contributed by atoms with E-state index in [2.05, 4.69) is 44.2 Å². The summed E-state index contributed by atoms with van der Waals surface area (Å²) in [4.78, 5) is 20.4. The van der Waals surface area contributed by atoms with Crippen LogP contribution in [0.15, 0.2) is 18.3 Å². The smallest absolute Gasteiger partial charge is 0.252 e. The summed E-state index contributed by atoms with van der Waals surface area (Å²) >= 11 is 1.75. The van der Waals surface area contributed by atoms with Crippen molar-refractivity contribution in [1.29, 1.82) is 0 Å². The Hall–Kier alpha value is -2.25. The lowest BCUT2D eigenvalue weighted by atomic mass is 10.1. The first-order valence-corrected chi connectivity index (χ1v) is 11.1. The predicted octanol–water partition coefficient (Wildman–Crippen LogP) is 4.66. The number of aryl methyl sites for hydroxylation is 2. The van der Waals surface area contributed by atoms with Crippen LogP contribution in [0.2, 0.25) is 0 Å². The molecule has 3 aromatic rings. The number of nitrogens with zero attached hydrogens (tertiary/aromatic N) is 3. The summed E-state index contributed by atoms with van der Waals surface area (Å²) in [7, 11) is 0. The molecule has 1 amide bonds. The Morgan fingerprint density at radius 2 is 2.21 bits per heavy atom. The maximum absolute atomic E-state index is 13.1. The number of thiophene rings is 1. The summed E-state index contributed by atoms with van der Waals surface area (Å²) in [6, 6.07) is 4.21. The van der Waals surface area contributed by atoms with Crippen LogP contribution in [0.4, 0.5) is 0 Å². The van der Waals surface area contributed by atoms with Crippen LogP contribution in [-0.2, 0) is 4.74 Å². The molecule has 1 aliphatic rings. The standard InChI is InChI=1S/C22H28N4O2S/c1-13(2)26-21-19(12-24-26)18(22(27)23-8-7-16-6-5-9-28-16)11-20(25-21)17-10-14(3)29-15(17)4/h10-13,16H,5-9H2,1-4H3,(H,23,27). The normalized spacial score (nSPS) is 16.8. The number of hydrogen-bond acceptors (Lipinski definition) is 5. The van der Waals surface area contributed by atoms with Crippen molar-refractivity contribution in [1.82, 2.24) is 20.1 Å². The van der Waals surface area contributed by atoms with Gasteiger partial charge in [-0.05, 0) is 59.1 Å². The summed E-state index contributed by atoms with van der Waals surface area (Å²) in [5.74, 6) is -0.0791. The molecule has 1 N–H and O–H groups in total. The number of hydrogen-bond donors (Lipinski definition) is 1. The molecule has 7 heteroatoms. The molecule has 6 nitrogen and oxygen atoms in total. The van der Waals surface area contributed by atoms with E-state index in [4.69, 9.17) is 9.72 Å².